The van der Waals surface area contributed by atoms with E-state index < -0.39 is 0 Å². The highest BCUT2D eigenvalue weighted by Crippen LogP contribution is 2.34. The number of rotatable bonds is 11. The van der Waals surface area contributed by atoms with Crippen LogP contribution in [0.4, 0.5) is 4.79 Å². The molecule has 1 fully saturated rings. The molecule has 3 unspecified atom stereocenters. The normalized spacial score (nSPS) is 16.9. The van der Waals surface area contributed by atoms with E-state index in [-0.39, 0.29) is 17.2 Å². The fourth-order valence-electron chi connectivity index (χ4n) is 5.60. The lowest BCUT2D eigenvalue weighted by atomic mass is 9.79. The van der Waals surface area contributed by atoms with Crippen molar-refractivity contribution in [2.24, 2.45) is 17.8 Å². The minimum Gasteiger partial charge on any atom is -0.497 e. The molecule has 254 valence electrons. The van der Waals surface area contributed by atoms with Crippen molar-refractivity contribution in [3.63, 3.8) is 0 Å². The molecular weight excluding hydrogens is 591 g/mol. The smallest absolute Gasteiger partial charge is 0.278 e. The number of carbonyl (C=O) groups is 1. The number of fused-ring (bicyclic) bond motifs is 1. The van der Waals surface area contributed by atoms with Crippen molar-refractivity contribution >= 4 is 34.3 Å². The fourth-order valence-corrected chi connectivity index (χ4v) is 5.87. The Bertz CT molecular complexity index is 1380. The van der Waals surface area contributed by atoms with Crippen LogP contribution in [0.2, 0.25) is 0 Å². The SMILES string of the molecule is C=CC(Cn1cc(/C(=C/C=C\C(C)C)CC)nn1)C1CCN(C(=O)S)C(Cc2ccnc3ccc(OC)cc23)C1.CC.CC.CC. The van der Waals surface area contributed by atoms with Crippen LogP contribution in [-0.4, -0.2) is 49.8 Å². The van der Waals surface area contributed by atoms with Gasteiger partial charge in [0.15, 0.2) is 0 Å². The minimum atomic E-state index is -0.180. The van der Waals surface area contributed by atoms with Crippen LogP contribution in [-0.2, 0) is 13.0 Å². The number of likely N-dealkylation sites (tertiary alicyclic amines) is 1. The van der Waals surface area contributed by atoms with Crippen LogP contribution >= 0.6 is 12.6 Å². The van der Waals surface area contributed by atoms with Gasteiger partial charge in [-0.3, -0.25) is 14.5 Å². The summed E-state index contributed by atoms with van der Waals surface area (Å²) in [6.45, 7) is 24.0. The number of methoxy groups -OCH3 is 1. The molecule has 1 amide bonds. The van der Waals surface area contributed by atoms with Gasteiger partial charge < -0.3 is 9.64 Å². The summed E-state index contributed by atoms with van der Waals surface area (Å²) in [6, 6.07) is 7.99. The number of piperidine rings is 1. The molecule has 0 bridgehead atoms. The molecule has 1 aliphatic heterocycles. The first-order valence-electron chi connectivity index (χ1n) is 17.1. The van der Waals surface area contributed by atoms with Gasteiger partial charge in [-0.05, 0) is 78.8 Å². The number of pyridine rings is 1. The second kappa shape index (κ2) is 22.2. The molecule has 0 spiro atoms. The third-order valence-corrected chi connectivity index (χ3v) is 8.10. The maximum absolute atomic E-state index is 12.5. The highest BCUT2D eigenvalue weighted by Gasteiger charge is 2.34. The van der Waals surface area contributed by atoms with E-state index in [0.717, 1.165) is 53.6 Å². The van der Waals surface area contributed by atoms with Gasteiger partial charge in [0.25, 0.3) is 5.24 Å². The second-order valence-corrected chi connectivity index (χ2v) is 11.3. The summed E-state index contributed by atoms with van der Waals surface area (Å²) in [7, 11) is 1.67. The van der Waals surface area contributed by atoms with Gasteiger partial charge in [-0.1, -0.05) is 104 Å². The van der Waals surface area contributed by atoms with Gasteiger partial charge in [-0.2, -0.15) is 0 Å². The Hall–Kier alpha value is -3.39. The molecule has 1 saturated heterocycles. The van der Waals surface area contributed by atoms with Gasteiger partial charge in [-0.25, -0.2) is 0 Å². The Labute approximate surface area is 284 Å². The first-order valence-corrected chi connectivity index (χ1v) is 17.6. The minimum absolute atomic E-state index is 0.0247. The van der Waals surface area contributed by atoms with Crippen LogP contribution in [0, 0.1) is 17.8 Å². The fraction of sp³-hybridized carbons (Fsp3) is 0.526. The highest BCUT2D eigenvalue weighted by atomic mass is 32.1. The molecule has 1 aliphatic rings. The lowest BCUT2D eigenvalue weighted by Gasteiger charge is -2.41. The van der Waals surface area contributed by atoms with Crippen LogP contribution in [0.5, 0.6) is 5.75 Å². The molecule has 0 N–H and O–H groups in total. The topological polar surface area (TPSA) is 73.1 Å². The van der Waals surface area contributed by atoms with Crippen LogP contribution < -0.4 is 4.74 Å². The van der Waals surface area contributed by atoms with Crippen molar-refractivity contribution < 1.29 is 9.53 Å². The monoisotopic (exact) mass is 649 g/mol. The Morgan fingerprint density at radius 2 is 1.87 bits per heavy atom. The lowest BCUT2D eigenvalue weighted by molar-refractivity contribution is 0.123. The van der Waals surface area contributed by atoms with Gasteiger partial charge in [0, 0.05) is 30.7 Å². The van der Waals surface area contributed by atoms with Crippen LogP contribution in [0.3, 0.4) is 0 Å². The van der Waals surface area contributed by atoms with E-state index >= 15 is 0 Å². The molecule has 0 radical (unpaired) electrons. The van der Waals surface area contributed by atoms with Gasteiger partial charge >= 0.3 is 0 Å². The third kappa shape index (κ3) is 11.8. The first kappa shape index (κ1) is 40.6. The van der Waals surface area contributed by atoms with Crippen molar-refractivity contribution in [2.45, 2.75) is 101 Å². The number of ether oxygens (including phenoxy) is 1. The van der Waals surface area contributed by atoms with E-state index in [1.54, 1.807) is 7.11 Å². The summed E-state index contributed by atoms with van der Waals surface area (Å²) in [5, 5.41) is 9.78. The number of thiol groups is 1. The molecule has 46 heavy (non-hydrogen) atoms. The molecule has 7 nitrogen and oxygen atoms in total. The quantitative estimate of drug-likeness (QED) is 0.127. The van der Waals surface area contributed by atoms with E-state index in [9.17, 15) is 4.79 Å². The highest BCUT2D eigenvalue weighted by molar-refractivity contribution is 7.96. The van der Waals surface area contributed by atoms with Crippen molar-refractivity contribution in [3.05, 3.63) is 78.8 Å². The van der Waals surface area contributed by atoms with E-state index in [1.807, 2.05) is 93.9 Å². The van der Waals surface area contributed by atoms with E-state index in [4.69, 9.17) is 4.74 Å². The van der Waals surface area contributed by atoms with E-state index in [0.29, 0.717) is 24.9 Å². The Morgan fingerprint density at radius 1 is 1.15 bits per heavy atom. The van der Waals surface area contributed by atoms with Crippen molar-refractivity contribution in [2.75, 3.05) is 13.7 Å². The summed E-state index contributed by atoms with van der Waals surface area (Å²) in [5.74, 6) is 1.86. The Balaban J connectivity index is 0.00000166. The van der Waals surface area contributed by atoms with E-state index in [1.165, 1.54) is 5.57 Å². The van der Waals surface area contributed by atoms with Gasteiger partial charge in [0.1, 0.15) is 11.4 Å². The predicted octanol–water partition coefficient (Wildman–Crippen LogP) is 10.1. The molecule has 3 aromatic rings. The zero-order chi connectivity index (χ0) is 34.6. The van der Waals surface area contributed by atoms with Gasteiger partial charge in [0.2, 0.25) is 0 Å². The largest absolute Gasteiger partial charge is 0.497 e. The summed E-state index contributed by atoms with van der Waals surface area (Å²) >= 11 is 4.22. The predicted molar refractivity (Wildman–Crippen MR) is 200 cm³/mol. The summed E-state index contributed by atoms with van der Waals surface area (Å²) in [5.41, 5.74) is 4.14. The zero-order valence-corrected chi connectivity index (χ0v) is 30.9. The molecule has 0 aliphatic carbocycles. The molecular formula is C38H59N5O2S. The average Bonchev–Trinajstić information content (AvgIpc) is 3.56. The van der Waals surface area contributed by atoms with Crippen molar-refractivity contribution in [1.82, 2.24) is 24.9 Å². The number of nitrogens with zero attached hydrogens (tertiary/aromatic N) is 5. The van der Waals surface area contributed by atoms with Crippen LogP contribution in [0.25, 0.3) is 16.5 Å². The summed E-state index contributed by atoms with van der Waals surface area (Å²) in [6.07, 6.45) is 15.7. The summed E-state index contributed by atoms with van der Waals surface area (Å²) in [4.78, 5) is 18.9. The number of amides is 1. The van der Waals surface area contributed by atoms with Gasteiger partial charge in [0.05, 0.1) is 18.8 Å². The Kier molecular flexibility index (Phi) is 19.6. The van der Waals surface area contributed by atoms with Crippen molar-refractivity contribution in [1.29, 1.82) is 0 Å². The zero-order valence-electron chi connectivity index (χ0n) is 30.0. The van der Waals surface area contributed by atoms with Crippen LogP contribution in [0.1, 0.15) is 92.8 Å². The standard InChI is InChI=1S/C32H41N5O2S.3C2H6/c1-6-23(10-8-9-22(3)4)31-21-36(35-34-31)20-24(7-2)25-14-16-37(32(38)40)27(17-25)18-26-13-15-33-30-12-11-28(39-5)19-29(26)30;3*1-2/h7-13,15,19,21-22,24-25,27H,2,6,14,16-18,20H2,1,3-5H3,(H,38,40);3*1-2H3/b9-8-,23-10+;;;. The summed E-state index contributed by atoms with van der Waals surface area (Å²) < 4.78 is 7.40. The van der Waals surface area contributed by atoms with Crippen LogP contribution in [0.15, 0.2) is 67.5 Å². The molecule has 3 heterocycles. The molecule has 1 aromatic carbocycles. The number of benzene rings is 1. The third-order valence-electron chi connectivity index (χ3n) is 7.84. The van der Waals surface area contributed by atoms with E-state index in [2.05, 4.69) is 73.5 Å². The lowest BCUT2D eigenvalue weighted by Crippen LogP contribution is -2.46. The molecule has 3 atom stereocenters. The molecule has 0 saturated carbocycles. The number of aromatic nitrogens is 4. The van der Waals surface area contributed by atoms with Crippen molar-refractivity contribution in [3.8, 4) is 5.75 Å². The maximum Gasteiger partial charge on any atom is 0.278 e. The number of hydrogen-bond donors (Lipinski definition) is 1. The number of carbonyl (C=O) groups excluding carboxylic acids is 1. The maximum atomic E-state index is 12.5. The second-order valence-electron chi connectivity index (χ2n) is 10.9. The molecule has 2 aromatic heterocycles. The molecule has 4 rings (SSSR count). The Morgan fingerprint density at radius 3 is 2.48 bits per heavy atom. The van der Waals surface area contributed by atoms with Gasteiger partial charge in [-0.15, -0.1) is 11.7 Å². The number of hydrogen-bond acceptors (Lipinski definition) is 5. The number of allylic oxidation sites excluding steroid dienone is 5. The molecule has 8 heteroatoms. The first-order chi connectivity index (χ1) is 22.3. The average molecular weight is 650 g/mol.